The summed E-state index contributed by atoms with van der Waals surface area (Å²) in [6, 6.07) is 5.69. The molecule has 3 heterocycles. The molecule has 0 radical (unpaired) electrons. The van der Waals surface area contributed by atoms with Gasteiger partial charge in [0.25, 0.3) is 5.56 Å². The van der Waals surface area contributed by atoms with Gasteiger partial charge in [-0.05, 0) is 48.4 Å². The first kappa shape index (κ1) is 20.1. The highest BCUT2D eigenvalue weighted by Gasteiger charge is 2.24. The number of benzene rings is 1. The van der Waals surface area contributed by atoms with Crippen LogP contribution in [0, 0.1) is 5.92 Å². The van der Waals surface area contributed by atoms with E-state index in [9.17, 15) is 9.59 Å². The Balaban J connectivity index is 1.34. The van der Waals surface area contributed by atoms with E-state index in [-0.39, 0.29) is 18.0 Å². The Bertz CT molecular complexity index is 1220. The SMILES string of the molecule is CC1CCc2c(sc3ncn(CC(=O)N(C)Cc4ccc5c(c4)OCCO5)c(=O)c23)C1. The van der Waals surface area contributed by atoms with Gasteiger partial charge < -0.3 is 14.4 Å². The molecular formula is C23H25N3O4S. The lowest BCUT2D eigenvalue weighted by Crippen LogP contribution is -2.33. The summed E-state index contributed by atoms with van der Waals surface area (Å²) in [4.78, 5) is 34.2. The Morgan fingerprint density at radius 1 is 1.29 bits per heavy atom. The third-order valence-corrected chi connectivity index (χ3v) is 7.20. The van der Waals surface area contributed by atoms with Crippen LogP contribution in [0.15, 0.2) is 29.3 Å². The van der Waals surface area contributed by atoms with E-state index in [0.717, 1.165) is 41.0 Å². The van der Waals surface area contributed by atoms with Crippen molar-refractivity contribution < 1.29 is 14.3 Å². The molecule has 2 aromatic heterocycles. The average molecular weight is 440 g/mol. The number of hydrogen-bond donors (Lipinski definition) is 0. The van der Waals surface area contributed by atoms with Gasteiger partial charge in [-0.1, -0.05) is 13.0 Å². The van der Waals surface area contributed by atoms with Crippen molar-refractivity contribution >= 4 is 27.5 Å². The number of hydrogen-bond acceptors (Lipinski definition) is 6. The lowest BCUT2D eigenvalue weighted by atomic mass is 9.89. The van der Waals surface area contributed by atoms with Crippen molar-refractivity contribution in [3.63, 3.8) is 0 Å². The third kappa shape index (κ3) is 3.80. The van der Waals surface area contributed by atoms with Gasteiger partial charge in [-0.3, -0.25) is 14.2 Å². The van der Waals surface area contributed by atoms with Gasteiger partial charge >= 0.3 is 0 Å². The lowest BCUT2D eigenvalue weighted by Gasteiger charge is -2.21. The molecule has 162 valence electrons. The second kappa shape index (κ2) is 8.00. The van der Waals surface area contributed by atoms with E-state index in [0.29, 0.717) is 36.8 Å². The van der Waals surface area contributed by atoms with Gasteiger partial charge in [0, 0.05) is 18.5 Å². The number of carbonyl (C=O) groups excluding carboxylic acids is 1. The quantitative estimate of drug-likeness (QED) is 0.625. The summed E-state index contributed by atoms with van der Waals surface area (Å²) in [6.45, 7) is 3.71. The molecule has 7 nitrogen and oxygen atoms in total. The molecule has 5 rings (SSSR count). The predicted octanol–water partition coefficient (Wildman–Crippen LogP) is 3.01. The van der Waals surface area contributed by atoms with Gasteiger partial charge in [0.2, 0.25) is 5.91 Å². The molecule has 0 N–H and O–H groups in total. The van der Waals surface area contributed by atoms with Crippen LogP contribution in [0.1, 0.15) is 29.3 Å². The zero-order chi connectivity index (χ0) is 21.5. The number of nitrogens with zero attached hydrogens (tertiary/aromatic N) is 3. The van der Waals surface area contributed by atoms with Crippen LogP contribution in [-0.2, 0) is 30.7 Å². The number of likely N-dealkylation sites (N-methyl/N-ethyl adjacent to an activating group) is 1. The second-order valence-corrected chi connectivity index (χ2v) is 9.52. The highest BCUT2D eigenvalue weighted by molar-refractivity contribution is 7.18. The maximum atomic E-state index is 13.1. The van der Waals surface area contributed by atoms with E-state index in [1.807, 2.05) is 18.2 Å². The van der Waals surface area contributed by atoms with Crippen molar-refractivity contribution in [2.75, 3.05) is 20.3 Å². The Hall–Kier alpha value is -2.87. The summed E-state index contributed by atoms with van der Waals surface area (Å²) in [6.07, 6.45) is 4.51. The molecule has 1 amide bonds. The molecule has 8 heteroatoms. The van der Waals surface area contributed by atoms with E-state index in [1.54, 1.807) is 23.3 Å². The van der Waals surface area contributed by atoms with Crippen molar-refractivity contribution in [2.24, 2.45) is 5.92 Å². The molecule has 1 unspecified atom stereocenters. The average Bonchev–Trinajstić information content (AvgIpc) is 3.13. The molecule has 0 fully saturated rings. The molecule has 0 saturated carbocycles. The topological polar surface area (TPSA) is 73.7 Å². The first-order valence-electron chi connectivity index (χ1n) is 10.6. The molecule has 2 aliphatic rings. The minimum absolute atomic E-state index is 0.0240. The van der Waals surface area contributed by atoms with E-state index < -0.39 is 0 Å². The van der Waals surface area contributed by atoms with Crippen molar-refractivity contribution in [3.05, 3.63) is 50.9 Å². The van der Waals surface area contributed by atoms with Crippen molar-refractivity contribution in [2.45, 2.75) is 39.3 Å². The molecule has 0 spiro atoms. The Kier molecular flexibility index (Phi) is 5.17. The smallest absolute Gasteiger partial charge is 0.262 e. The van der Waals surface area contributed by atoms with Gasteiger partial charge in [-0.15, -0.1) is 11.3 Å². The second-order valence-electron chi connectivity index (χ2n) is 8.44. The lowest BCUT2D eigenvalue weighted by molar-refractivity contribution is -0.131. The summed E-state index contributed by atoms with van der Waals surface area (Å²) >= 11 is 1.62. The minimum atomic E-state index is -0.143. The summed E-state index contributed by atoms with van der Waals surface area (Å²) in [5, 5.41) is 0.705. The number of rotatable bonds is 4. The number of aryl methyl sites for hydroxylation is 1. The number of amides is 1. The highest BCUT2D eigenvalue weighted by Crippen LogP contribution is 2.35. The first-order valence-corrected chi connectivity index (χ1v) is 11.4. The fourth-order valence-electron chi connectivity index (χ4n) is 4.29. The largest absolute Gasteiger partial charge is 0.486 e. The summed E-state index contributed by atoms with van der Waals surface area (Å²) in [5.74, 6) is 1.92. The van der Waals surface area contributed by atoms with E-state index in [4.69, 9.17) is 9.47 Å². The monoisotopic (exact) mass is 439 g/mol. The minimum Gasteiger partial charge on any atom is -0.486 e. The molecule has 1 aliphatic carbocycles. The third-order valence-electron chi connectivity index (χ3n) is 6.04. The van der Waals surface area contributed by atoms with E-state index in [1.165, 1.54) is 15.8 Å². The Morgan fingerprint density at radius 2 is 2.10 bits per heavy atom. The van der Waals surface area contributed by atoms with Crippen molar-refractivity contribution in [3.8, 4) is 11.5 Å². The number of fused-ring (bicyclic) bond motifs is 4. The molecule has 0 bridgehead atoms. The Labute approximate surface area is 184 Å². The van der Waals surface area contributed by atoms with Crippen LogP contribution in [-0.4, -0.2) is 40.6 Å². The molecule has 1 aliphatic heterocycles. The zero-order valence-electron chi connectivity index (χ0n) is 17.7. The van der Waals surface area contributed by atoms with Crippen LogP contribution in [0.2, 0.25) is 0 Å². The Morgan fingerprint density at radius 3 is 2.94 bits per heavy atom. The molecule has 0 saturated heterocycles. The molecule has 1 atom stereocenters. The van der Waals surface area contributed by atoms with Crippen molar-refractivity contribution in [1.82, 2.24) is 14.5 Å². The summed E-state index contributed by atoms with van der Waals surface area (Å²) < 4.78 is 12.6. The molecule has 1 aromatic carbocycles. The van der Waals surface area contributed by atoms with Gasteiger partial charge in [0.1, 0.15) is 24.6 Å². The number of aromatic nitrogens is 2. The van der Waals surface area contributed by atoms with E-state index >= 15 is 0 Å². The molecular weight excluding hydrogens is 414 g/mol. The summed E-state index contributed by atoms with van der Waals surface area (Å²) in [5.41, 5.74) is 1.97. The highest BCUT2D eigenvalue weighted by atomic mass is 32.1. The number of ether oxygens (including phenoxy) is 2. The first-order chi connectivity index (χ1) is 15.0. The van der Waals surface area contributed by atoms with Crippen LogP contribution < -0.4 is 15.0 Å². The van der Waals surface area contributed by atoms with Gasteiger partial charge in [0.05, 0.1) is 11.7 Å². The van der Waals surface area contributed by atoms with Crippen molar-refractivity contribution in [1.29, 1.82) is 0 Å². The standard InChI is InChI=1S/C23H25N3O4S/c1-14-3-5-16-19(9-14)31-22-21(16)23(28)26(13-24-22)12-20(27)25(2)11-15-4-6-17-18(10-15)30-8-7-29-17/h4,6,10,13-14H,3,5,7-9,11-12H2,1-2H3. The fraction of sp³-hybridized carbons (Fsp3) is 0.435. The molecule has 31 heavy (non-hydrogen) atoms. The van der Waals surface area contributed by atoms with Gasteiger partial charge in [-0.25, -0.2) is 4.98 Å². The summed E-state index contributed by atoms with van der Waals surface area (Å²) in [7, 11) is 1.74. The van der Waals surface area contributed by atoms with Gasteiger partial charge in [0.15, 0.2) is 11.5 Å². The molecule has 3 aromatic rings. The van der Waals surface area contributed by atoms with Crippen LogP contribution in [0.4, 0.5) is 0 Å². The maximum Gasteiger partial charge on any atom is 0.262 e. The van der Waals surface area contributed by atoms with Crippen LogP contribution in [0.5, 0.6) is 11.5 Å². The van der Waals surface area contributed by atoms with Gasteiger partial charge in [-0.2, -0.15) is 0 Å². The van der Waals surface area contributed by atoms with Crippen LogP contribution >= 0.6 is 11.3 Å². The van der Waals surface area contributed by atoms with E-state index in [2.05, 4.69) is 11.9 Å². The predicted molar refractivity (Wildman–Crippen MR) is 119 cm³/mol. The van der Waals surface area contributed by atoms with Crippen LogP contribution in [0.25, 0.3) is 10.2 Å². The number of carbonyl (C=O) groups is 1. The maximum absolute atomic E-state index is 13.1. The van der Waals surface area contributed by atoms with Crippen LogP contribution in [0.3, 0.4) is 0 Å². The zero-order valence-corrected chi connectivity index (χ0v) is 18.5. The fourth-order valence-corrected chi connectivity index (χ4v) is 5.63. The normalized spacial score (nSPS) is 17.4. The number of thiophene rings is 1.